The Hall–Kier alpha value is -3.01. The van der Waals surface area contributed by atoms with E-state index in [2.05, 4.69) is 17.2 Å². The molecule has 2 aromatic carbocycles. The molecule has 0 unspecified atom stereocenters. The fourth-order valence-corrected chi connectivity index (χ4v) is 4.60. The molecule has 1 saturated heterocycles. The van der Waals surface area contributed by atoms with E-state index in [4.69, 9.17) is 18.9 Å². The molecular formula is C26H31N3O5S. The number of aromatic nitrogens is 2. The molecule has 0 spiro atoms. The lowest BCUT2D eigenvalue weighted by molar-refractivity contribution is -0.184. The van der Waals surface area contributed by atoms with Gasteiger partial charge in [-0.3, -0.25) is 5.32 Å². The molecule has 0 aliphatic carbocycles. The van der Waals surface area contributed by atoms with Crippen LogP contribution in [0.3, 0.4) is 0 Å². The van der Waals surface area contributed by atoms with Crippen molar-refractivity contribution < 1.29 is 23.7 Å². The zero-order valence-electron chi connectivity index (χ0n) is 20.0. The van der Waals surface area contributed by atoms with Crippen molar-refractivity contribution in [3.05, 3.63) is 72.8 Å². The topological polar surface area (TPSA) is 83.8 Å². The van der Waals surface area contributed by atoms with Crippen molar-refractivity contribution in [3.63, 3.8) is 0 Å². The fraction of sp³-hybridized carbons (Fsp3) is 0.385. The molecular weight excluding hydrogens is 466 g/mol. The Morgan fingerprint density at radius 1 is 1.20 bits per heavy atom. The van der Waals surface area contributed by atoms with Crippen molar-refractivity contribution in [2.24, 2.45) is 0 Å². The normalized spacial score (nSPS) is 19.4. The lowest BCUT2D eigenvalue weighted by Crippen LogP contribution is -2.33. The number of anilines is 1. The van der Waals surface area contributed by atoms with Gasteiger partial charge >= 0.3 is 6.09 Å². The Labute approximate surface area is 209 Å². The maximum Gasteiger partial charge on any atom is 0.411 e. The Balaban J connectivity index is 1.39. The van der Waals surface area contributed by atoms with Crippen LogP contribution in [0.4, 0.5) is 10.5 Å². The molecule has 1 N–H and O–H groups in total. The second kappa shape index (κ2) is 12.1. The molecule has 3 aromatic rings. The zero-order valence-corrected chi connectivity index (χ0v) is 20.8. The molecule has 2 heterocycles. The van der Waals surface area contributed by atoms with Crippen LogP contribution < -0.4 is 10.1 Å². The van der Waals surface area contributed by atoms with Crippen molar-refractivity contribution >= 4 is 23.5 Å². The molecule has 9 heteroatoms. The van der Waals surface area contributed by atoms with Crippen LogP contribution in [0.5, 0.6) is 5.75 Å². The van der Waals surface area contributed by atoms with Crippen LogP contribution in [0.25, 0.3) is 0 Å². The molecule has 0 saturated carbocycles. The molecule has 2 atom stereocenters. The van der Waals surface area contributed by atoms with E-state index in [1.165, 1.54) is 0 Å². The van der Waals surface area contributed by atoms with Crippen LogP contribution in [-0.4, -0.2) is 47.3 Å². The summed E-state index contributed by atoms with van der Waals surface area (Å²) < 4.78 is 25.5. The summed E-state index contributed by atoms with van der Waals surface area (Å²) in [6, 6.07) is 15.6. The minimum Gasteiger partial charge on any atom is -0.494 e. The summed E-state index contributed by atoms with van der Waals surface area (Å²) in [6.07, 6.45) is 5.84. The van der Waals surface area contributed by atoms with E-state index >= 15 is 0 Å². The SMILES string of the molecule is CCCOc1ccc([C@@]2(Cn3ccnc3)OC[C@@H](CSc3ccc(NC(=O)OCC)cc3)O2)cc1. The van der Waals surface area contributed by atoms with Crippen LogP contribution in [-0.2, 0) is 26.5 Å². The average Bonchev–Trinajstić information content (AvgIpc) is 3.54. The average molecular weight is 498 g/mol. The summed E-state index contributed by atoms with van der Waals surface area (Å²) >= 11 is 1.68. The van der Waals surface area contributed by atoms with E-state index in [9.17, 15) is 4.79 Å². The van der Waals surface area contributed by atoms with Gasteiger partial charge in [0.1, 0.15) is 5.75 Å². The van der Waals surface area contributed by atoms with Gasteiger partial charge in [-0.25, -0.2) is 9.78 Å². The number of hydrogen-bond donors (Lipinski definition) is 1. The number of hydrogen-bond acceptors (Lipinski definition) is 7. The van der Waals surface area contributed by atoms with Gasteiger partial charge in [-0.05, 0) is 61.9 Å². The first-order chi connectivity index (χ1) is 17.1. The predicted octanol–water partition coefficient (Wildman–Crippen LogP) is 5.30. The van der Waals surface area contributed by atoms with Crippen molar-refractivity contribution in [1.82, 2.24) is 9.55 Å². The lowest BCUT2D eigenvalue weighted by atomic mass is 10.1. The van der Waals surface area contributed by atoms with Crippen LogP contribution >= 0.6 is 11.8 Å². The van der Waals surface area contributed by atoms with Gasteiger partial charge in [0.05, 0.1) is 38.8 Å². The molecule has 1 fully saturated rings. The number of carbonyl (C=O) groups excluding carboxylic acids is 1. The molecule has 186 valence electrons. The molecule has 1 aromatic heterocycles. The summed E-state index contributed by atoms with van der Waals surface area (Å²) in [5.74, 6) is 0.663. The first-order valence-electron chi connectivity index (χ1n) is 11.8. The third-order valence-electron chi connectivity index (χ3n) is 5.39. The van der Waals surface area contributed by atoms with Crippen LogP contribution in [0.2, 0.25) is 0 Å². The van der Waals surface area contributed by atoms with Crippen LogP contribution in [0.15, 0.2) is 72.1 Å². The summed E-state index contributed by atoms with van der Waals surface area (Å²) in [7, 11) is 0. The number of carbonyl (C=O) groups is 1. The van der Waals surface area contributed by atoms with Gasteiger partial charge in [-0.1, -0.05) is 6.92 Å². The molecule has 8 nitrogen and oxygen atoms in total. The molecule has 1 amide bonds. The maximum absolute atomic E-state index is 11.6. The molecule has 4 rings (SSSR count). The van der Waals surface area contributed by atoms with Crippen molar-refractivity contribution in [3.8, 4) is 5.75 Å². The maximum atomic E-state index is 11.6. The number of imidazole rings is 1. The van der Waals surface area contributed by atoms with Gasteiger partial charge < -0.3 is 23.5 Å². The van der Waals surface area contributed by atoms with E-state index in [0.29, 0.717) is 32.1 Å². The first kappa shape index (κ1) is 25.1. The van der Waals surface area contributed by atoms with Gasteiger partial charge in [-0.2, -0.15) is 0 Å². The second-order valence-corrected chi connectivity index (χ2v) is 9.19. The number of benzene rings is 2. The smallest absolute Gasteiger partial charge is 0.411 e. The van der Waals surface area contributed by atoms with E-state index in [1.807, 2.05) is 59.3 Å². The highest BCUT2D eigenvalue weighted by Gasteiger charge is 2.43. The van der Waals surface area contributed by atoms with E-state index < -0.39 is 11.9 Å². The number of nitrogens with zero attached hydrogens (tertiary/aromatic N) is 2. The molecule has 35 heavy (non-hydrogen) atoms. The van der Waals surface area contributed by atoms with E-state index in [1.54, 1.807) is 31.2 Å². The minimum absolute atomic E-state index is 0.0862. The highest BCUT2D eigenvalue weighted by atomic mass is 32.2. The van der Waals surface area contributed by atoms with Crippen molar-refractivity contribution in [2.45, 2.75) is 43.6 Å². The number of amides is 1. The van der Waals surface area contributed by atoms with Gasteiger partial charge in [0.25, 0.3) is 0 Å². The summed E-state index contributed by atoms with van der Waals surface area (Å²) in [5, 5.41) is 2.70. The second-order valence-electron chi connectivity index (χ2n) is 8.09. The quantitative estimate of drug-likeness (QED) is 0.360. The van der Waals surface area contributed by atoms with Gasteiger partial charge in [-0.15, -0.1) is 11.8 Å². The summed E-state index contributed by atoms with van der Waals surface area (Å²) in [4.78, 5) is 16.8. The Morgan fingerprint density at radius 2 is 2.00 bits per heavy atom. The lowest BCUT2D eigenvalue weighted by Gasteiger charge is -2.29. The fourth-order valence-electron chi connectivity index (χ4n) is 3.73. The third-order valence-corrected chi connectivity index (χ3v) is 6.53. The van der Waals surface area contributed by atoms with E-state index in [0.717, 1.165) is 28.4 Å². The van der Waals surface area contributed by atoms with Gasteiger partial charge in [0.2, 0.25) is 5.79 Å². The van der Waals surface area contributed by atoms with Crippen molar-refractivity contribution in [1.29, 1.82) is 0 Å². The van der Waals surface area contributed by atoms with Gasteiger partial charge in [0.15, 0.2) is 0 Å². The molecule has 1 aliphatic heterocycles. The number of ether oxygens (including phenoxy) is 4. The Morgan fingerprint density at radius 3 is 2.69 bits per heavy atom. The van der Waals surface area contributed by atoms with Crippen molar-refractivity contribution in [2.75, 3.05) is 30.9 Å². The van der Waals surface area contributed by atoms with Gasteiger partial charge in [0, 0.05) is 34.3 Å². The monoisotopic (exact) mass is 497 g/mol. The summed E-state index contributed by atoms with van der Waals surface area (Å²) in [6.45, 7) is 5.86. The molecule has 0 radical (unpaired) electrons. The third kappa shape index (κ3) is 6.78. The minimum atomic E-state index is -0.900. The standard InChI is InChI=1S/C26H31N3O5S/c1-3-15-32-22-9-5-20(6-10-22)26(18-29-14-13-27-19-29)33-16-23(34-26)17-35-24-11-7-21(8-12-24)28-25(30)31-4-2/h5-14,19,23H,3-4,15-18H2,1-2H3,(H,28,30)/t23-,26-/m0/s1. The molecule has 0 bridgehead atoms. The molecule has 1 aliphatic rings. The Bertz CT molecular complexity index is 1060. The first-order valence-corrected chi connectivity index (χ1v) is 12.8. The number of nitrogens with one attached hydrogen (secondary N) is 1. The Kier molecular flexibility index (Phi) is 8.68. The largest absolute Gasteiger partial charge is 0.494 e. The highest BCUT2D eigenvalue weighted by Crippen LogP contribution is 2.38. The zero-order chi connectivity index (χ0) is 24.5. The predicted molar refractivity (Wildman–Crippen MR) is 135 cm³/mol. The van der Waals surface area contributed by atoms with Crippen LogP contribution in [0.1, 0.15) is 25.8 Å². The number of rotatable bonds is 11. The summed E-state index contributed by atoms with van der Waals surface area (Å²) in [5.41, 5.74) is 1.64. The van der Waals surface area contributed by atoms with E-state index in [-0.39, 0.29) is 6.10 Å². The number of thioether (sulfide) groups is 1. The van der Waals surface area contributed by atoms with Crippen LogP contribution in [0, 0.1) is 0 Å². The highest BCUT2D eigenvalue weighted by molar-refractivity contribution is 7.99.